The molecule has 4 heteroatoms. The molecule has 0 unspecified atom stereocenters. The van der Waals surface area contributed by atoms with Gasteiger partial charge in [-0.25, -0.2) is 0 Å². The summed E-state index contributed by atoms with van der Waals surface area (Å²) in [5, 5.41) is 18.0. The lowest BCUT2D eigenvalue weighted by Gasteiger charge is -2.08. The molecule has 0 atom stereocenters. The summed E-state index contributed by atoms with van der Waals surface area (Å²) >= 11 is 3.32. The number of nitriles is 2. The van der Waals surface area contributed by atoms with Crippen molar-refractivity contribution in [1.82, 2.24) is 0 Å². The molecule has 0 amide bonds. The molecule has 2 rings (SSSR count). The molecule has 2 aromatic carbocycles. The number of benzene rings is 2. The topological polar surface area (TPSA) is 56.8 Å². The van der Waals surface area contributed by atoms with Crippen LogP contribution in [0, 0.1) is 22.7 Å². The SMILES string of the molecule is N#Cc1ccccc1Oc1cc(Br)ccc1C#N. The first kappa shape index (κ1) is 12.2. The molecule has 0 radical (unpaired) electrons. The maximum Gasteiger partial charge on any atom is 0.146 e. The second-order valence-electron chi connectivity index (χ2n) is 3.46. The van der Waals surface area contributed by atoms with E-state index in [1.54, 1.807) is 42.5 Å². The van der Waals surface area contributed by atoms with E-state index in [0.717, 1.165) is 4.47 Å². The monoisotopic (exact) mass is 298 g/mol. The molecule has 86 valence electrons. The maximum atomic E-state index is 9.00. The van der Waals surface area contributed by atoms with Crippen molar-refractivity contribution in [2.24, 2.45) is 0 Å². The zero-order valence-electron chi connectivity index (χ0n) is 9.22. The number of halogens is 1. The lowest BCUT2D eigenvalue weighted by Crippen LogP contribution is -1.90. The number of nitrogens with zero attached hydrogens (tertiary/aromatic N) is 2. The van der Waals surface area contributed by atoms with Gasteiger partial charge in [0.25, 0.3) is 0 Å². The first-order valence-corrected chi connectivity index (χ1v) is 5.90. The lowest BCUT2D eigenvalue weighted by atomic mass is 10.2. The van der Waals surface area contributed by atoms with Gasteiger partial charge in [-0.2, -0.15) is 10.5 Å². The second-order valence-corrected chi connectivity index (χ2v) is 4.38. The zero-order valence-corrected chi connectivity index (χ0v) is 10.8. The average Bonchev–Trinajstić information content (AvgIpc) is 2.40. The highest BCUT2D eigenvalue weighted by Gasteiger charge is 2.08. The van der Waals surface area contributed by atoms with Gasteiger partial charge in [0, 0.05) is 4.47 Å². The van der Waals surface area contributed by atoms with E-state index < -0.39 is 0 Å². The molecule has 0 aliphatic heterocycles. The van der Waals surface area contributed by atoms with Crippen molar-refractivity contribution < 1.29 is 4.74 Å². The van der Waals surface area contributed by atoms with Crippen molar-refractivity contribution in [2.45, 2.75) is 0 Å². The van der Waals surface area contributed by atoms with Gasteiger partial charge in [-0.15, -0.1) is 0 Å². The zero-order chi connectivity index (χ0) is 13.0. The van der Waals surface area contributed by atoms with Gasteiger partial charge in [-0.05, 0) is 30.3 Å². The van der Waals surface area contributed by atoms with Crippen LogP contribution in [0.4, 0.5) is 0 Å². The molecule has 0 fully saturated rings. The number of rotatable bonds is 2. The molecule has 3 nitrogen and oxygen atoms in total. The van der Waals surface area contributed by atoms with E-state index in [1.165, 1.54) is 0 Å². The number of hydrogen-bond donors (Lipinski definition) is 0. The van der Waals surface area contributed by atoms with Crippen molar-refractivity contribution in [3.8, 4) is 23.6 Å². The number of ether oxygens (including phenoxy) is 1. The van der Waals surface area contributed by atoms with Gasteiger partial charge in [-0.3, -0.25) is 0 Å². The molecule has 2 aromatic rings. The van der Waals surface area contributed by atoms with Gasteiger partial charge >= 0.3 is 0 Å². The van der Waals surface area contributed by atoms with Crippen molar-refractivity contribution in [2.75, 3.05) is 0 Å². The molecule has 0 heterocycles. The average molecular weight is 299 g/mol. The second kappa shape index (κ2) is 5.35. The third-order valence-corrected chi connectivity index (χ3v) is 2.78. The lowest BCUT2D eigenvalue weighted by molar-refractivity contribution is 0.479. The fraction of sp³-hybridized carbons (Fsp3) is 0. The van der Waals surface area contributed by atoms with E-state index in [9.17, 15) is 0 Å². The van der Waals surface area contributed by atoms with Gasteiger partial charge in [0.1, 0.15) is 23.6 Å². The Balaban J connectivity index is 2.44. The molecule has 0 saturated heterocycles. The summed E-state index contributed by atoms with van der Waals surface area (Å²) in [4.78, 5) is 0. The fourth-order valence-corrected chi connectivity index (χ4v) is 1.78. The van der Waals surface area contributed by atoms with Gasteiger partial charge < -0.3 is 4.74 Å². The van der Waals surface area contributed by atoms with Crippen molar-refractivity contribution in [3.63, 3.8) is 0 Å². The minimum Gasteiger partial charge on any atom is -0.455 e. The maximum absolute atomic E-state index is 9.00. The highest BCUT2D eigenvalue weighted by Crippen LogP contribution is 2.29. The highest BCUT2D eigenvalue weighted by atomic mass is 79.9. The first-order chi connectivity index (χ1) is 8.74. The Kier molecular flexibility index (Phi) is 3.62. The molecule has 0 saturated carbocycles. The smallest absolute Gasteiger partial charge is 0.146 e. The van der Waals surface area contributed by atoms with E-state index in [-0.39, 0.29) is 0 Å². The van der Waals surface area contributed by atoms with Crippen molar-refractivity contribution in [3.05, 3.63) is 58.1 Å². The summed E-state index contributed by atoms with van der Waals surface area (Å²) in [6.07, 6.45) is 0. The van der Waals surface area contributed by atoms with Crippen LogP contribution in [0.1, 0.15) is 11.1 Å². The Hall–Kier alpha value is -2.30. The minimum atomic E-state index is 0.422. The highest BCUT2D eigenvalue weighted by molar-refractivity contribution is 9.10. The van der Waals surface area contributed by atoms with Gasteiger partial charge in [0.2, 0.25) is 0 Å². The third kappa shape index (κ3) is 2.51. The first-order valence-electron chi connectivity index (χ1n) is 5.11. The molecule has 0 bridgehead atoms. The van der Waals surface area contributed by atoms with Crippen molar-refractivity contribution >= 4 is 15.9 Å². The van der Waals surface area contributed by atoms with Crippen LogP contribution in [0.3, 0.4) is 0 Å². The Morgan fingerprint density at radius 2 is 1.56 bits per heavy atom. The molecule has 0 aliphatic carbocycles. The van der Waals surface area contributed by atoms with Gasteiger partial charge in [0.15, 0.2) is 0 Å². The van der Waals surface area contributed by atoms with E-state index in [4.69, 9.17) is 15.3 Å². The van der Waals surface area contributed by atoms with E-state index in [0.29, 0.717) is 22.6 Å². The Labute approximate surface area is 113 Å². The molecule has 0 spiro atoms. The van der Waals surface area contributed by atoms with Crippen LogP contribution >= 0.6 is 15.9 Å². The largest absolute Gasteiger partial charge is 0.455 e. The Morgan fingerprint density at radius 1 is 0.889 bits per heavy atom. The van der Waals surface area contributed by atoms with Crippen LogP contribution in [0.2, 0.25) is 0 Å². The molecule has 0 N–H and O–H groups in total. The molecular formula is C14H7BrN2O. The quantitative estimate of drug-likeness (QED) is 0.842. The summed E-state index contributed by atoms with van der Waals surface area (Å²) in [6, 6.07) is 16.1. The minimum absolute atomic E-state index is 0.422. The normalized spacial score (nSPS) is 9.28. The molecule has 0 aromatic heterocycles. The van der Waals surface area contributed by atoms with E-state index in [1.807, 2.05) is 6.07 Å². The van der Waals surface area contributed by atoms with Crippen LogP contribution in [-0.4, -0.2) is 0 Å². The van der Waals surface area contributed by atoms with Crippen LogP contribution < -0.4 is 4.74 Å². The van der Waals surface area contributed by atoms with Crippen molar-refractivity contribution in [1.29, 1.82) is 10.5 Å². The van der Waals surface area contributed by atoms with E-state index in [2.05, 4.69) is 22.0 Å². The fourth-order valence-electron chi connectivity index (χ4n) is 1.44. The number of para-hydroxylation sites is 1. The number of hydrogen-bond acceptors (Lipinski definition) is 3. The summed E-state index contributed by atoms with van der Waals surface area (Å²) in [5.74, 6) is 0.865. The van der Waals surface area contributed by atoms with Gasteiger partial charge in [0.05, 0.1) is 11.1 Å². The van der Waals surface area contributed by atoms with Crippen LogP contribution in [0.15, 0.2) is 46.9 Å². The van der Waals surface area contributed by atoms with E-state index >= 15 is 0 Å². The van der Waals surface area contributed by atoms with Gasteiger partial charge in [-0.1, -0.05) is 28.1 Å². The van der Waals surface area contributed by atoms with Crippen LogP contribution in [0.25, 0.3) is 0 Å². The summed E-state index contributed by atoms with van der Waals surface area (Å²) in [7, 11) is 0. The summed E-state index contributed by atoms with van der Waals surface area (Å²) in [6.45, 7) is 0. The Morgan fingerprint density at radius 3 is 2.28 bits per heavy atom. The predicted molar refractivity (Wildman–Crippen MR) is 70.1 cm³/mol. The third-order valence-electron chi connectivity index (χ3n) is 2.29. The molecule has 18 heavy (non-hydrogen) atoms. The predicted octanol–water partition coefficient (Wildman–Crippen LogP) is 3.98. The molecular weight excluding hydrogens is 292 g/mol. The molecule has 0 aliphatic rings. The van der Waals surface area contributed by atoms with Crippen LogP contribution in [0.5, 0.6) is 11.5 Å². The van der Waals surface area contributed by atoms with Crippen LogP contribution in [-0.2, 0) is 0 Å². The summed E-state index contributed by atoms with van der Waals surface area (Å²) < 4.78 is 6.44. The standard InChI is InChI=1S/C14H7BrN2O/c15-12-6-5-11(9-17)14(7-12)18-13-4-2-1-3-10(13)8-16/h1-7H. The summed E-state index contributed by atoms with van der Waals surface area (Å²) in [5.41, 5.74) is 0.854. The Bertz CT molecular complexity index is 668.